The van der Waals surface area contributed by atoms with Crippen molar-refractivity contribution < 1.29 is 0 Å². The molecule has 1 atom stereocenters. The number of hydrogen-bond donors (Lipinski definition) is 1. The zero-order valence-corrected chi connectivity index (χ0v) is 14.6. The molecule has 0 amide bonds. The third kappa shape index (κ3) is 4.12. The van der Waals surface area contributed by atoms with Crippen LogP contribution in [0.25, 0.3) is 0 Å². The monoisotopic (exact) mass is 313 g/mol. The quantitative estimate of drug-likeness (QED) is 0.833. The van der Waals surface area contributed by atoms with Crippen molar-refractivity contribution in [2.75, 3.05) is 30.3 Å². The molecule has 1 aliphatic heterocycles. The zero-order valence-electron chi connectivity index (χ0n) is 12.9. The van der Waals surface area contributed by atoms with Crippen LogP contribution >= 0.6 is 23.1 Å². The second kappa shape index (κ2) is 8.25. The first-order valence-electron chi connectivity index (χ1n) is 7.84. The van der Waals surface area contributed by atoms with Gasteiger partial charge in [-0.2, -0.15) is 11.8 Å². The molecule has 1 aromatic heterocycles. The van der Waals surface area contributed by atoms with E-state index in [2.05, 4.69) is 42.7 Å². The Morgan fingerprint density at radius 1 is 1.35 bits per heavy atom. The van der Waals surface area contributed by atoms with Crippen LogP contribution in [-0.4, -0.2) is 35.6 Å². The molecule has 1 aliphatic rings. The smallest absolute Gasteiger partial charge is 0.185 e. The molecule has 20 heavy (non-hydrogen) atoms. The van der Waals surface area contributed by atoms with Crippen molar-refractivity contribution in [3.63, 3.8) is 0 Å². The van der Waals surface area contributed by atoms with Gasteiger partial charge in [0.05, 0.1) is 5.69 Å². The van der Waals surface area contributed by atoms with Gasteiger partial charge < -0.3 is 10.2 Å². The Kier molecular flexibility index (Phi) is 6.65. The molecule has 1 fully saturated rings. The standard InChI is InChI=1S/C15H27N3S2/c1-4-7-13-14(10-16-6-3)20-15(17-13)18-8-9-19-12(5-2)11-18/h12,16H,4-11H2,1-3H3. The predicted octanol–water partition coefficient (Wildman–Crippen LogP) is 3.54. The van der Waals surface area contributed by atoms with Gasteiger partial charge in [-0.1, -0.05) is 27.2 Å². The van der Waals surface area contributed by atoms with E-state index in [1.807, 2.05) is 11.3 Å². The Hall–Kier alpha value is -0.260. The minimum Gasteiger partial charge on any atom is -0.346 e. The molecule has 0 aliphatic carbocycles. The summed E-state index contributed by atoms with van der Waals surface area (Å²) in [7, 11) is 0. The first kappa shape index (κ1) is 16.1. The Morgan fingerprint density at radius 2 is 2.20 bits per heavy atom. The summed E-state index contributed by atoms with van der Waals surface area (Å²) in [5.74, 6) is 1.24. The van der Waals surface area contributed by atoms with Crippen molar-refractivity contribution in [2.24, 2.45) is 0 Å². The Balaban J connectivity index is 2.10. The Bertz CT molecular complexity index is 406. The Labute approximate surface area is 131 Å². The van der Waals surface area contributed by atoms with Crippen LogP contribution in [-0.2, 0) is 13.0 Å². The third-order valence-electron chi connectivity index (χ3n) is 3.65. The highest BCUT2D eigenvalue weighted by molar-refractivity contribution is 8.00. The van der Waals surface area contributed by atoms with Crippen LogP contribution in [0.4, 0.5) is 5.13 Å². The van der Waals surface area contributed by atoms with Crippen LogP contribution in [0, 0.1) is 0 Å². The number of anilines is 1. The molecule has 1 N–H and O–H groups in total. The molecule has 2 rings (SSSR count). The summed E-state index contributed by atoms with van der Waals surface area (Å²) in [6, 6.07) is 0. The zero-order chi connectivity index (χ0) is 14.4. The lowest BCUT2D eigenvalue weighted by Gasteiger charge is -2.31. The van der Waals surface area contributed by atoms with E-state index in [1.54, 1.807) is 0 Å². The molecule has 0 saturated carbocycles. The van der Waals surface area contributed by atoms with Crippen LogP contribution in [0.2, 0.25) is 0 Å². The lowest BCUT2D eigenvalue weighted by atomic mass is 10.2. The summed E-state index contributed by atoms with van der Waals surface area (Å²) in [6.07, 6.45) is 3.55. The van der Waals surface area contributed by atoms with E-state index < -0.39 is 0 Å². The van der Waals surface area contributed by atoms with Gasteiger partial charge in [0.25, 0.3) is 0 Å². The number of aromatic nitrogens is 1. The SMILES string of the molecule is CCCc1nc(N2CCSC(CC)C2)sc1CNCC. The minimum atomic E-state index is 0.777. The summed E-state index contributed by atoms with van der Waals surface area (Å²) in [4.78, 5) is 8.88. The molecule has 3 nitrogen and oxygen atoms in total. The molecule has 0 radical (unpaired) electrons. The predicted molar refractivity (Wildman–Crippen MR) is 92.2 cm³/mol. The fraction of sp³-hybridized carbons (Fsp3) is 0.800. The molecule has 0 aromatic carbocycles. The second-order valence-electron chi connectivity index (χ2n) is 5.24. The number of nitrogens with zero attached hydrogens (tertiary/aromatic N) is 2. The van der Waals surface area contributed by atoms with Gasteiger partial charge in [-0.05, 0) is 19.4 Å². The fourth-order valence-electron chi connectivity index (χ4n) is 2.45. The highest BCUT2D eigenvalue weighted by Crippen LogP contribution is 2.31. The number of thiazole rings is 1. The van der Waals surface area contributed by atoms with E-state index in [4.69, 9.17) is 4.98 Å². The van der Waals surface area contributed by atoms with Gasteiger partial charge in [0.2, 0.25) is 0 Å². The normalized spacial score (nSPS) is 19.6. The maximum atomic E-state index is 4.94. The van der Waals surface area contributed by atoms with Gasteiger partial charge >= 0.3 is 0 Å². The van der Waals surface area contributed by atoms with Crippen molar-refractivity contribution >= 4 is 28.2 Å². The summed E-state index contributed by atoms with van der Waals surface area (Å²) in [5.41, 5.74) is 1.32. The topological polar surface area (TPSA) is 28.2 Å². The third-order valence-corrected chi connectivity index (χ3v) is 6.18. The first-order valence-corrected chi connectivity index (χ1v) is 9.70. The maximum Gasteiger partial charge on any atom is 0.185 e. The lowest BCUT2D eigenvalue weighted by Crippen LogP contribution is -2.37. The molecule has 2 heterocycles. The van der Waals surface area contributed by atoms with E-state index in [1.165, 1.54) is 40.8 Å². The molecule has 0 spiro atoms. The number of hydrogen-bond acceptors (Lipinski definition) is 5. The van der Waals surface area contributed by atoms with Gasteiger partial charge in [0, 0.05) is 35.5 Å². The van der Waals surface area contributed by atoms with E-state index in [-0.39, 0.29) is 0 Å². The van der Waals surface area contributed by atoms with E-state index in [0.29, 0.717) is 0 Å². The summed E-state index contributed by atoms with van der Waals surface area (Å²) in [5, 5.41) is 5.47. The summed E-state index contributed by atoms with van der Waals surface area (Å²) in [6.45, 7) is 11.0. The summed E-state index contributed by atoms with van der Waals surface area (Å²) < 4.78 is 0. The van der Waals surface area contributed by atoms with Crippen LogP contribution in [0.3, 0.4) is 0 Å². The molecule has 5 heteroatoms. The Morgan fingerprint density at radius 3 is 2.90 bits per heavy atom. The number of thioether (sulfide) groups is 1. The minimum absolute atomic E-state index is 0.777. The fourth-order valence-corrected chi connectivity index (χ4v) is 4.74. The van der Waals surface area contributed by atoms with Crippen molar-refractivity contribution in [2.45, 2.75) is 51.8 Å². The van der Waals surface area contributed by atoms with Crippen LogP contribution in [0.1, 0.15) is 44.2 Å². The van der Waals surface area contributed by atoms with Crippen LogP contribution in [0.15, 0.2) is 0 Å². The van der Waals surface area contributed by atoms with Gasteiger partial charge in [0.15, 0.2) is 5.13 Å². The molecule has 1 saturated heterocycles. The number of rotatable bonds is 7. The lowest BCUT2D eigenvalue weighted by molar-refractivity contribution is 0.717. The van der Waals surface area contributed by atoms with Gasteiger partial charge in [0.1, 0.15) is 0 Å². The van der Waals surface area contributed by atoms with Crippen LogP contribution < -0.4 is 10.2 Å². The van der Waals surface area contributed by atoms with Gasteiger partial charge in [-0.15, -0.1) is 11.3 Å². The number of nitrogens with one attached hydrogen (secondary N) is 1. The average Bonchev–Trinajstić information content (AvgIpc) is 2.89. The van der Waals surface area contributed by atoms with Crippen molar-refractivity contribution in [1.82, 2.24) is 10.3 Å². The molecule has 1 aromatic rings. The molecule has 114 valence electrons. The molecule has 0 bridgehead atoms. The van der Waals surface area contributed by atoms with Gasteiger partial charge in [-0.3, -0.25) is 0 Å². The maximum absolute atomic E-state index is 4.94. The van der Waals surface area contributed by atoms with E-state index >= 15 is 0 Å². The number of aryl methyl sites for hydroxylation is 1. The average molecular weight is 314 g/mol. The summed E-state index contributed by atoms with van der Waals surface area (Å²) >= 11 is 4.02. The van der Waals surface area contributed by atoms with Crippen molar-refractivity contribution in [3.05, 3.63) is 10.6 Å². The highest BCUT2D eigenvalue weighted by Gasteiger charge is 2.22. The molecule has 1 unspecified atom stereocenters. The van der Waals surface area contributed by atoms with E-state index in [0.717, 1.165) is 31.3 Å². The van der Waals surface area contributed by atoms with Gasteiger partial charge in [-0.25, -0.2) is 4.98 Å². The first-order chi connectivity index (χ1) is 9.78. The molecular weight excluding hydrogens is 286 g/mol. The van der Waals surface area contributed by atoms with Crippen molar-refractivity contribution in [3.8, 4) is 0 Å². The van der Waals surface area contributed by atoms with Crippen molar-refractivity contribution in [1.29, 1.82) is 0 Å². The largest absolute Gasteiger partial charge is 0.346 e. The van der Waals surface area contributed by atoms with Crippen LogP contribution in [0.5, 0.6) is 0 Å². The molecular formula is C15H27N3S2. The second-order valence-corrected chi connectivity index (χ2v) is 7.71. The highest BCUT2D eigenvalue weighted by atomic mass is 32.2. The van der Waals surface area contributed by atoms with E-state index in [9.17, 15) is 0 Å².